The quantitative estimate of drug-likeness (QED) is 0.528. The lowest BCUT2D eigenvalue weighted by molar-refractivity contribution is 0.239. The van der Waals surface area contributed by atoms with E-state index < -0.39 is 0 Å². The van der Waals surface area contributed by atoms with Crippen molar-refractivity contribution < 1.29 is 0 Å². The van der Waals surface area contributed by atoms with E-state index in [9.17, 15) is 0 Å². The molecule has 1 aromatic carbocycles. The fourth-order valence-electron chi connectivity index (χ4n) is 4.14. The first-order valence-electron chi connectivity index (χ1n) is 9.09. The van der Waals surface area contributed by atoms with Crippen LogP contribution in [0, 0.1) is 17.8 Å². The minimum absolute atomic E-state index is 0.00547. The highest BCUT2D eigenvalue weighted by atomic mass is 31.1. The van der Waals surface area contributed by atoms with Gasteiger partial charge in [0.05, 0.1) is 0 Å². The zero-order valence-electron chi connectivity index (χ0n) is 15.5. The normalized spacial score (nSPS) is 27.9. The second kappa shape index (κ2) is 7.48. The van der Waals surface area contributed by atoms with Crippen LogP contribution in [0.25, 0.3) is 0 Å². The van der Waals surface area contributed by atoms with Crippen LogP contribution >= 0.6 is 7.92 Å². The first-order valence-corrected chi connectivity index (χ1v) is 10.7. The average molecular weight is 318 g/mol. The molecule has 0 amide bonds. The third-order valence-electron chi connectivity index (χ3n) is 5.44. The Morgan fingerprint density at radius 1 is 1.09 bits per heavy atom. The third-order valence-corrected chi connectivity index (χ3v) is 9.27. The van der Waals surface area contributed by atoms with Crippen LogP contribution < -0.4 is 0 Å². The van der Waals surface area contributed by atoms with Gasteiger partial charge in [0, 0.05) is 0 Å². The lowest BCUT2D eigenvalue weighted by atomic mass is 9.77. The fourth-order valence-corrected chi connectivity index (χ4v) is 8.02. The summed E-state index contributed by atoms with van der Waals surface area (Å²) in [4.78, 5) is 0. The summed E-state index contributed by atoms with van der Waals surface area (Å²) in [6.45, 7) is 14.8. The molecular formula is C21H35P. The lowest BCUT2D eigenvalue weighted by Gasteiger charge is -2.47. The molecule has 1 fully saturated rings. The summed E-state index contributed by atoms with van der Waals surface area (Å²) in [6.07, 6.45) is 5.66. The monoisotopic (exact) mass is 318 g/mol. The van der Waals surface area contributed by atoms with Gasteiger partial charge in [0.25, 0.3) is 0 Å². The molecule has 2 rings (SSSR count). The van der Waals surface area contributed by atoms with Gasteiger partial charge in [0.15, 0.2) is 0 Å². The molecule has 0 aromatic heterocycles. The summed E-state index contributed by atoms with van der Waals surface area (Å²) in [6, 6.07) is 11.2. The van der Waals surface area contributed by atoms with Gasteiger partial charge in [-0.15, -0.1) is 0 Å². The van der Waals surface area contributed by atoms with Gasteiger partial charge in [-0.1, -0.05) is 86.2 Å². The third kappa shape index (κ3) is 4.58. The van der Waals surface area contributed by atoms with Crippen LogP contribution in [0.5, 0.6) is 0 Å². The molecule has 0 radical (unpaired) electrons. The number of hydrogen-bond acceptors (Lipinski definition) is 0. The van der Waals surface area contributed by atoms with E-state index in [4.69, 9.17) is 0 Å². The Balaban J connectivity index is 2.26. The molecule has 4 unspecified atom stereocenters. The molecule has 1 aliphatic carbocycles. The van der Waals surface area contributed by atoms with E-state index in [1.54, 1.807) is 5.56 Å². The highest BCUT2D eigenvalue weighted by molar-refractivity contribution is 7.59. The lowest BCUT2D eigenvalue weighted by Crippen LogP contribution is -2.35. The van der Waals surface area contributed by atoms with Crippen molar-refractivity contribution in [1.82, 2.24) is 0 Å². The van der Waals surface area contributed by atoms with E-state index in [1.165, 1.54) is 25.4 Å². The standard InChI is InChI=1S/C21H35P/c1-16(2)19-13-12-17(3)14-20(19)22(21(4,5)6)15-18-10-8-7-9-11-18/h7-11,16-17,19-20H,12-15H2,1-6H3. The van der Waals surface area contributed by atoms with Crippen molar-refractivity contribution in [2.75, 3.05) is 0 Å². The van der Waals surface area contributed by atoms with Gasteiger partial charge in [-0.05, 0) is 53.1 Å². The molecule has 1 aromatic rings. The molecule has 1 saturated carbocycles. The zero-order valence-corrected chi connectivity index (χ0v) is 16.4. The smallest absolute Gasteiger partial charge is 0.00658 e. The maximum Gasteiger partial charge on any atom is -0.00658 e. The van der Waals surface area contributed by atoms with E-state index in [0.717, 1.165) is 23.4 Å². The van der Waals surface area contributed by atoms with Crippen molar-refractivity contribution >= 4 is 7.92 Å². The summed E-state index contributed by atoms with van der Waals surface area (Å²) in [5, 5.41) is 0.444. The topological polar surface area (TPSA) is 0 Å². The van der Waals surface area contributed by atoms with Crippen LogP contribution in [0.3, 0.4) is 0 Å². The van der Waals surface area contributed by atoms with Crippen LogP contribution in [0.4, 0.5) is 0 Å². The largest absolute Gasteiger partial charge is 0.0932 e. The SMILES string of the molecule is CC1CCC(C(C)C)C(P(Cc2ccccc2)C(C)(C)C)C1. The Hall–Kier alpha value is -0.350. The molecule has 0 heterocycles. The van der Waals surface area contributed by atoms with Crippen molar-refractivity contribution in [3.63, 3.8) is 0 Å². The second-order valence-corrected chi connectivity index (χ2v) is 11.9. The van der Waals surface area contributed by atoms with Gasteiger partial charge in [-0.2, -0.15) is 0 Å². The first-order chi connectivity index (χ1) is 10.3. The summed E-state index contributed by atoms with van der Waals surface area (Å²) >= 11 is 0. The van der Waals surface area contributed by atoms with Crippen LogP contribution in [-0.2, 0) is 6.16 Å². The summed E-state index contributed by atoms with van der Waals surface area (Å²) in [7, 11) is 0.00547. The zero-order chi connectivity index (χ0) is 16.3. The van der Waals surface area contributed by atoms with Gasteiger partial charge in [-0.25, -0.2) is 0 Å². The van der Waals surface area contributed by atoms with Crippen molar-refractivity contribution in [2.24, 2.45) is 17.8 Å². The molecular weight excluding hydrogens is 283 g/mol. The Kier molecular flexibility index (Phi) is 6.12. The van der Waals surface area contributed by atoms with Crippen LogP contribution in [0.2, 0.25) is 0 Å². The number of rotatable bonds is 4. The van der Waals surface area contributed by atoms with Crippen LogP contribution in [-0.4, -0.2) is 10.8 Å². The molecule has 0 nitrogen and oxygen atoms in total. The van der Waals surface area contributed by atoms with Crippen LogP contribution in [0.1, 0.15) is 66.4 Å². The van der Waals surface area contributed by atoms with Crippen LogP contribution in [0.15, 0.2) is 30.3 Å². The van der Waals surface area contributed by atoms with Gasteiger partial charge in [0.2, 0.25) is 0 Å². The van der Waals surface area contributed by atoms with Gasteiger partial charge < -0.3 is 0 Å². The molecule has 0 spiro atoms. The molecule has 1 aliphatic rings. The second-order valence-electron chi connectivity index (χ2n) is 8.68. The molecule has 22 heavy (non-hydrogen) atoms. The summed E-state index contributed by atoms with van der Waals surface area (Å²) in [5.74, 6) is 2.69. The molecule has 0 aliphatic heterocycles. The number of benzene rings is 1. The average Bonchev–Trinajstić information content (AvgIpc) is 2.44. The van der Waals surface area contributed by atoms with Crippen molar-refractivity contribution in [3.8, 4) is 0 Å². The predicted molar refractivity (Wildman–Crippen MR) is 102 cm³/mol. The molecule has 0 N–H and O–H groups in total. The number of hydrogen-bond donors (Lipinski definition) is 0. The highest BCUT2D eigenvalue weighted by Gasteiger charge is 2.40. The Bertz CT molecular complexity index is 443. The maximum atomic E-state index is 2.48. The van der Waals surface area contributed by atoms with Crippen molar-refractivity contribution in [2.45, 2.75) is 77.8 Å². The summed E-state index contributed by atoms with van der Waals surface area (Å²) < 4.78 is 0. The van der Waals surface area contributed by atoms with Crippen molar-refractivity contribution in [3.05, 3.63) is 35.9 Å². The molecule has 0 saturated heterocycles. The summed E-state index contributed by atoms with van der Waals surface area (Å²) in [5.41, 5.74) is 2.49. The van der Waals surface area contributed by atoms with E-state index in [2.05, 4.69) is 71.9 Å². The molecule has 1 heteroatoms. The van der Waals surface area contributed by atoms with E-state index in [0.29, 0.717) is 5.16 Å². The van der Waals surface area contributed by atoms with E-state index in [1.807, 2.05) is 0 Å². The van der Waals surface area contributed by atoms with Gasteiger partial charge in [-0.3, -0.25) is 0 Å². The van der Waals surface area contributed by atoms with Crippen molar-refractivity contribution in [1.29, 1.82) is 0 Å². The minimum Gasteiger partial charge on any atom is -0.0932 e. The highest BCUT2D eigenvalue weighted by Crippen LogP contribution is 2.62. The minimum atomic E-state index is 0.00547. The maximum absolute atomic E-state index is 2.48. The molecule has 0 bridgehead atoms. The van der Waals surface area contributed by atoms with Gasteiger partial charge >= 0.3 is 0 Å². The predicted octanol–water partition coefficient (Wildman–Crippen LogP) is 6.93. The fraction of sp³-hybridized carbons (Fsp3) is 0.714. The first kappa shape index (κ1) is 18.0. The van der Waals surface area contributed by atoms with E-state index >= 15 is 0 Å². The Morgan fingerprint density at radius 3 is 2.27 bits per heavy atom. The Morgan fingerprint density at radius 2 is 1.73 bits per heavy atom. The molecule has 124 valence electrons. The molecule has 4 atom stereocenters. The van der Waals surface area contributed by atoms with Gasteiger partial charge in [0.1, 0.15) is 0 Å². The van der Waals surface area contributed by atoms with E-state index in [-0.39, 0.29) is 7.92 Å². The Labute approximate surface area is 139 Å².